The lowest BCUT2D eigenvalue weighted by Gasteiger charge is -2.51. The molecule has 6 heteroatoms. The zero-order chi connectivity index (χ0) is 21.0. The molecule has 1 fully saturated rings. The second-order valence-corrected chi connectivity index (χ2v) is 12.3. The van der Waals surface area contributed by atoms with Crippen LogP contribution in [-0.2, 0) is 4.43 Å². The van der Waals surface area contributed by atoms with Gasteiger partial charge in [-0.05, 0) is 60.1 Å². The van der Waals surface area contributed by atoms with Crippen LogP contribution in [0.5, 0.6) is 5.75 Å². The summed E-state index contributed by atoms with van der Waals surface area (Å²) < 4.78 is 25.4. The first-order chi connectivity index (χ1) is 14.0. The summed E-state index contributed by atoms with van der Waals surface area (Å²) >= 11 is 0. The highest BCUT2D eigenvalue weighted by Crippen LogP contribution is 2.40. The van der Waals surface area contributed by atoms with E-state index in [-0.39, 0.29) is 23.9 Å². The molecule has 1 heterocycles. The molecule has 2 unspecified atom stereocenters. The number of amides is 1. The van der Waals surface area contributed by atoms with Gasteiger partial charge in [0.1, 0.15) is 11.6 Å². The van der Waals surface area contributed by atoms with Crippen molar-refractivity contribution in [2.24, 2.45) is 0 Å². The van der Waals surface area contributed by atoms with E-state index in [1.165, 1.54) is 12.1 Å². The van der Waals surface area contributed by atoms with Gasteiger partial charge < -0.3 is 14.1 Å². The fourth-order valence-electron chi connectivity index (χ4n) is 4.06. The molecule has 156 valence electrons. The van der Waals surface area contributed by atoms with Gasteiger partial charge in [-0.1, -0.05) is 32.9 Å². The third-order valence-electron chi connectivity index (χ3n) is 6.21. The molecule has 3 rings (SSSR count). The Balaban J connectivity index is 1.86. The maximum Gasteiger partial charge on any atom is 0.254 e. The van der Waals surface area contributed by atoms with Crippen molar-refractivity contribution in [2.75, 3.05) is 13.7 Å². The molecule has 0 radical (unpaired) electrons. The van der Waals surface area contributed by atoms with Crippen molar-refractivity contribution in [2.45, 2.75) is 51.0 Å². The molecule has 0 aliphatic carbocycles. The summed E-state index contributed by atoms with van der Waals surface area (Å²) in [6.45, 7) is 7.16. The second-order valence-electron chi connectivity index (χ2n) is 7.58. The molecule has 4 nitrogen and oxygen atoms in total. The number of ether oxygens (including phenoxy) is 1. The molecule has 2 aromatic carbocycles. The van der Waals surface area contributed by atoms with E-state index in [0.717, 1.165) is 23.7 Å². The van der Waals surface area contributed by atoms with Gasteiger partial charge in [0.25, 0.3) is 5.91 Å². The Kier molecular flexibility index (Phi) is 6.75. The van der Waals surface area contributed by atoms with Crippen LogP contribution in [0.3, 0.4) is 0 Å². The minimum absolute atomic E-state index is 0.0430. The summed E-state index contributed by atoms with van der Waals surface area (Å²) in [5.41, 5.74) is 1.53. The van der Waals surface area contributed by atoms with Crippen LogP contribution >= 0.6 is 0 Å². The normalized spacial score (nSPS) is 19.0. The standard InChI is InChI=1S/C23H30FNO3Si/c1-5-29(6-2,7-3)28-21-16-25(22(21)17-8-12-19(24)13-9-17)23(26)18-10-14-20(27-4)15-11-18/h8-15,21-22H,5-7,16H2,1-4H3. The number of methoxy groups -OCH3 is 1. The number of hydrogen-bond acceptors (Lipinski definition) is 3. The number of carbonyl (C=O) groups excluding carboxylic acids is 1. The molecular weight excluding hydrogens is 385 g/mol. The summed E-state index contributed by atoms with van der Waals surface area (Å²) in [5.74, 6) is 0.391. The predicted molar refractivity (Wildman–Crippen MR) is 115 cm³/mol. The van der Waals surface area contributed by atoms with Gasteiger partial charge in [0.05, 0.1) is 19.3 Å². The first kappa shape index (κ1) is 21.5. The van der Waals surface area contributed by atoms with Crippen LogP contribution in [0.25, 0.3) is 0 Å². The van der Waals surface area contributed by atoms with E-state index in [9.17, 15) is 9.18 Å². The monoisotopic (exact) mass is 415 g/mol. The molecule has 0 bridgehead atoms. The topological polar surface area (TPSA) is 38.8 Å². The lowest BCUT2D eigenvalue weighted by molar-refractivity contribution is -0.0370. The maximum absolute atomic E-state index is 13.5. The minimum Gasteiger partial charge on any atom is -0.497 e. The van der Waals surface area contributed by atoms with Crippen molar-refractivity contribution < 1.29 is 18.3 Å². The quantitative estimate of drug-likeness (QED) is 0.540. The van der Waals surface area contributed by atoms with Gasteiger partial charge in [0, 0.05) is 12.1 Å². The van der Waals surface area contributed by atoms with Crippen LogP contribution in [-0.4, -0.2) is 38.9 Å². The van der Waals surface area contributed by atoms with Crippen molar-refractivity contribution in [1.82, 2.24) is 4.90 Å². The molecule has 2 aromatic rings. The van der Waals surface area contributed by atoms with Crippen molar-refractivity contribution in [3.63, 3.8) is 0 Å². The largest absolute Gasteiger partial charge is 0.497 e. The third kappa shape index (κ3) is 4.38. The molecular formula is C23H30FNO3Si. The molecule has 1 aliphatic heterocycles. The molecule has 29 heavy (non-hydrogen) atoms. The van der Waals surface area contributed by atoms with Gasteiger partial charge in [-0.3, -0.25) is 4.79 Å². The number of hydrogen-bond donors (Lipinski definition) is 0. The van der Waals surface area contributed by atoms with Gasteiger partial charge in [-0.15, -0.1) is 0 Å². The number of carbonyl (C=O) groups is 1. The minimum atomic E-state index is -1.82. The molecule has 1 amide bonds. The Morgan fingerprint density at radius 2 is 1.62 bits per heavy atom. The average Bonchev–Trinajstić information content (AvgIpc) is 2.75. The first-order valence-electron chi connectivity index (χ1n) is 10.3. The van der Waals surface area contributed by atoms with E-state index < -0.39 is 8.32 Å². The van der Waals surface area contributed by atoms with Crippen LogP contribution in [0.2, 0.25) is 18.1 Å². The number of nitrogens with zero attached hydrogens (tertiary/aromatic N) is 1. The number of rotatable bonds is 8. The summed E-state index contributed by atoms with van der Waals surface area (Å²) in [5, 5.41) is 0. The van der Waals surface area contributed by atoms with Crippen LogP contribution in [0.15, 0.2) is 48.5 Å². The molecule has 0 N–H and O–H groups in total. The Hall–Kier alpha value is -2.18. The first-order valence-corrected chi connectivity index (χ1v) is 12.9. The fraction of sp³-hybridized carbons (Fsp3) is 0.435. The van der Waals surface area contributed by atoms with Gasteiger partial charge in [0.2, 0.25) is 0 Å². The molecule has 2 atom stereocenters. The van der Waals surface area contributed by atoms with Crippen molar-refractivity contribution in [1.29, 1.82) is 0 Å². The zero-order valence-electron chi connectivity index (χ0n) is 17.7. The lowest BCUT2D eigenvalue weighted by Crippen LogP contribution is -2.60. The number of halogens is 1. The maximum atomic E-state index is 13.5. The number of likely N-dealkylation sites (tertiary alicyclic amines) is 1. The van der Waals surface area contributed by atoms with Crippen molar-refractivity contribution in [3.05, 3.63) is 65.5 Å². The highest BCUT2D eigenvalue weighted by Gasteiger charge is 2.47. The van der Waals surface area contributed by atoms with E-state index in [1.54, 1.807) is 43.5 Å². The van der Waals surface area contributed by atoms with Crippen LogP contribution in [0.4, 0.5) is 4.39 Å². The average molecular weight is 416 g/mol. The smallest absolute Gasteiger partial charge is 0.254 e. The van der Waals surface area contributed by atoms with Gasteiger partial charge in [-0.2, -0.15) is 0 Å². The highest BCUT2D eigenvalue weighted by atomic mass is 28.4. The SMILES string of the molecule is CC[Si](CC)(CC)OC1CN(C(=O)c2ccc(OC)cc2)C1c1ccc(F)cc1. The van der Waals surface area contributed by atoms with Crippen LogP contribution in [0.1, 0.15) is 42.7 Å². The van der Waals surface area contributed by atoms with E-state index in [0.29, 0.717) is 17.9 Å². The molecule has 1 saturated heterocycles. The molecule has 0 saturated carbocycles. The Morgan fingerprint density at radius 1 is 1.03 bits per heavy atom. The van der Waals surface area contributed by atoms with Gasteiger partial charge >= 0.3 is 0 Å². The zero-order valence-corrected chi connectivity index (χ0v) is 18.7. The lowest BCUT2D eigenvalue weighted by atomic mass is 9.91. The second kappa shape index (κ2) is 9.09. The van der Waals surface area contributed by atoms with Crippen molar-refractivity contribution in [3.8, 4) is 5.75 Å². The summed E-state index contributed by atoms with van der Waals surface area (Å²) in [7, 11) is -0.219. The van der Waals surface area contributed by atoms with Crippen LogP contribution < -0.4 is 4.74 Å². The third-order valence-corrected chi connectivity index (χ3v) is 10.9. The summed E-state index contributed by atoms with van der Waals surface area (Å²) in [6, 6.07) is 16.5. The highest BCUT2D eigenvalue weighted by molar-refractivity contribution is 6.73. The Bertz CT molecular complexity index is 813. The van der Waals surface area contributed by atoms with Gasteiger partial charge in [-0.25, -0.2) is 4.39 Å². The summed E-state index contributed by atoms with van der Waals surface area (Å²) in [4.78, 5) is 15.0. The van der Waals surface area contributed by atoms with Crippen molar-refractivity contribution >= 4 is 14.2 Å². The predicted octanol–water partition coefficient (Wildman–Crippen LogP) is 5.42. The molecule has 0 spiro atoms. The summed E-state index contributed by atoms with van der Waals surface area (Å²) in [6.07, 6.45) is -0.0471. The Morgan fingerprint density at radius 3 is 2.14 bits per heavy atom. The van der Waals surface area contributed by atoms with Crippen LogP contribution in [0, 0.1) is 5.82 Å². The van der Waals surface area contributed by atoms with E-state index in [2.05, 4.69) is 20.8 Å². The number of benzene rings is 2. The Labute approximate surface area is 173 Å². The van der Waals surface area contributed by atoms with E-state index in [1.807, 2.05) is 4.90 Å². The van der Waals surface area contributed by atoms with E-state index in [4.69, 9.17) is 9.16 Å². The molecule has 0 aromatic heterocycles. The van der Waals surface area contributed by atoms with Gasteiger partial charge in [0.15, 0.2) is 8.32 Å². The van der Waals surface area contributed by atoms with E-state index >= 15 is 0 Å². The fourth-order valence-corrected chi connectivity index (χ4v) is 6.90. The molecule has 1 aliphatic rings.